The number of aryl methyl sites for hydroxylation is 1. The van der Waals surface area contributed by atoms with E-state index in [1.54, 1.807) is 18.2 Å². The van der Waals surface area contributed by atoms with Crippen LogP contribution in [0.5, 0.6) is 0 Å². The number of carbonyl (C=O) groups is 2. The Morgan fingerprint density at radius 2 is 2.05 bits per heavy atom. The fourth-order valence-corrected chi connectivity index (χ4v) is 1.89. The average Bonchev–Trinajstić information content (AvgIpc) is 2.88. The number of hydrogen-bond acceptors (Lipinski definition) is 3. The summed E-state index contributed by atoms with van der Waals surface area (Å²) in [4.78, 5) is 22.6. The second-order valence-corrected chi connectivity index (χ2v) is 5.07. The Morgan fingerprint density at radius 1 is 1.30 bits per heavy atom. The van der Waals surface area contributed by atoms with Gasteiger partial charge in [0.2, 0.25) is 5.76 Å². The Morgan fingerprint density at radius 3 is 2.65 bits per heavy atom. The highest BCUT2D eigenvalue weighted by atomic mass is 79.9. The molecule has 1 heterocycles. The van der Waals surface area contributed by atoms with Crippen LogP contribution in [0.4, 0.5) is 0 Å². The smallest absolute Gasteiger partial charge is 0.371 e. The first-order valence-electron chi connectivity index (χ1n) is 5.83. The predicted molar refractivity (Wildman–Crippen MR) is 75.7 cm³/mol. The molecule has 5 nitrogen and oxygen atoms in total. The molecule has 0 bridgehead atoms. The summed E-state index contributed by atoms with van der Waals surface area (Å²) in [5.74, 6) is -1.13. The molecule has 1 amide bonds. The first-order chi connectivity index (χ1) is 9.47. The summed E-state index contributed by atoms with van der Waals surface area (Å²) >= 11 is 3.37. The lowest BCUT2D eigenvalue weighted by molar-refractivity contribution is 0.0660. The van der Waals surface area contributed by atoms with Gasteiger partial charge in [0.1, 0.15) is 5.76 Å². The van der Waals surface area contributed by atoms with Crippen LogP contribution < -0.4 is 5.32 Å². The second-order valence-electron chi connectivity index (χ2n) is 4.22. The van der Waals surface area contributed by atoms with Crippen molar-refractivity contribution in [2.45, 2.75) is 13.5 Å². The first kappa shape index (κ1) is 14.3. The number of rotatable bonds is 4. The van der Waals surface area contributed by atoms with Crippen LogP contribution in [0.2, 0.25) is 0 Å². The van der Waals surface area contributed by atoms with Gasteiger partial charge in [-0.05, 0) is 42.8 Å². The number of carboxylic acid groups (broad SMARTS) is 1. The van der Waals surface area contributed by atoms with Gasteiger partial charge in [-0.25, -0.2) is 4.79 Å². The van der Waals surface area contributed by atoms with E-state index in [1.165, 1.54) is 12.1 Å². The SMILES string of the molecule is Cc1cc(C(=O)NCc2ccc(C(=O)O)o2)ccc1Br. The van der Waals surface area contributed by atoms with E-state index in [-0.39, 0.29) is 18.2 Å². The number of amides is 1. The number of carboxylic acids is 1. The van der Waals surface area contributed by atoms with Gasteiger partial charge in [0.25, 0.3) is 5.91 Å². The molecule has 0 aliphatic carbocycles. The van der Waals surface area contributed by atoms with E-state index in [2.05, 4.69) is 21.2 Å². The summed E-state index contributed by atoms with van der Waals surface area (Å²) in [6, 6.07) is 8.16. The molecule has 20 heavy (non-hydrogen) atoms. The molecule has 0 unspecified atom stereocenters. The van der Waals surface area contributed by atoms with Gasteiger partial charge < -0.3 is 14.8 Å². The molecule has 0 saturated carbocycles. The summed E-state index contributed by atoms with van der Waals surface area (Å²) in [6.45, 7) is 2.04. The van der Waals surface area contributed by atoms with Crippen LogP contribution in [-0.2, 0) is 6.54 Å². The Kier molecular flexibility index (Phi) is 4.24. The van der Waals surface area contributed by atoms with Crippen molar-refractivity contribution in [1.82, 2.24) is 5.32 Å². The third kappa shape index (κ3) is 3.27. The third-order valence-corrected chi connectivity index (χ3v) is 3.61. The zero-order chi connectivity index (χ0) is 14.7. The minimum Gasteiger partial charge on any atom is -0.475 e. The van der Waals surface area contributed by atoms with Gasteiger partial charge in [-0.15, -0.1) is 0 Å². The van der Waals surface area contributed by atoms with E-state index in [0.717, 1.165) is 10.0 Å². The number of hydrogen-bond donors (Lipinski definition) is 2. The Bertz CT molecular complexity index is 663. The predicted octanol–water partition coefficient (Wildman–Crippen LogP) is 2.98. The largest absolute Gasteiger partial charge is 0.475 e. The third-order valence-electron chi connectivity index (χ3n) is 2.72. The number of carbonyl (C=O) groups excluding carboxylic acids is 1. The van der Waals surface area contributed by atoms with E-state index in [0.29, 0.717) is 11.3 Å². The quantitative estimate of drug-likeness (QED) is 0.898. The molecule has 1 aromatic heterocycles. The van der Waals surface area contributed by atoms with E-state index in [1.807, 2.05) is 6.92 Å². The van der Waals surface area contributed by atoms with Crippen LogP contribution in [0, 0.1) is 6.92 Å². The molecule has 0 fully saturated rings. The van der Waals surface area contributed by atoms with Crippen LogP contribution in [0.1, 0.15) is 32.2 Å². The maximum atomic E-state index is 11.9. The molecule has 0 aliphatic rings. The van der Waals surface area contributed by atoms with Gasteiger partial charge in [0, 0.05) is 10.0 Å². The van der Waals surface area contributed by atoms with E-state index in [4.69, 9.17) is 9.52 Å². The minimum absolute atomic E-state index is 0.140. The van der Waals surface area contributed by atoms with Gasteiger partial charge in [0.05, 0.1) is 6.54 Å². The number of nitrogens with one attached hydrogen (secondary N) is 1. The number of halogens is 1. The van der Waals surface area contributed by atoms with Gasteiger partial charge in [-0.3, -0.25) is 4.79 Å². The van der Waals surface area contributed by atoms with E-state index in [9.17, 15) is 9.59 Å². The molecule has 2 N–H and O–H groups in total. The summed E-state index contributed by atoms with van der Waals surface area (Å²) in [5.41, 5.74) is 1.50. The maximum absolute atomic E-state index is 11.9. The minimum atomic E-state index is -1.13. The second kappa shape index (κ2) is 5.92. The van der Waals surface area contributed by atoms with Crippen LogP contribution >= 0.6 is 15.9 Å². The number of furan rings is 1. The fraction of sp³-hybridized carbons (Fsp3) is 0.143. The fourth-order valence-electron chi connectivity index (χ4n) is 1.64. The molecule has 2 rings (SSSR count). The summed E-state index contributed by atoms with van der Waals surface area (Å²) in [6.07, 6.45) is 0. The highest BCUT2D eigenvalue weighted by Gasteiger charge is 2.11. The molecule has 0 atom stereocenters. The molecule has 0 radical (unpaired) electrons. The van der Waals surface area contributed by atoms with Crippen molar-refractivity contribution >= 4 is 27.8 Å². The normalized spacial score (nSPS) is 10.3. The molecule has 0 aliphatic heterocycles. The number of aromatic carboxylic acids is 1. The Balaban J connectivity index is 2.00. The van der Waals surface area contributed by atoms with Gasteiger partial charge >= 0.3 is 5.97 Å². The van der Waals surface area contributed by atoms with E-state index >= 15 is 0 Å². The molecular weight excluding hydrogens is 326 g/mol. The lowest BCUT2D eigenvalue weighted by Gasteiger charge is -2.05. The van der Waals surface area contributed by atoms with Crippen molar-refractivity contribution < 1.29 is 19.1 Å². The molecule has 0 saturated heterocycles. The van der Waals surface area contributed by atoms with Gasteiger partial charge in [-0.1, -0.05) is 15.9 Å². The first-order valence-corrected chi connectivity index (χ1v) is 6.63. The van der Waals surface area contributed by atoms with Crippen LogP contribution in [-0.4, -0.2) is 17.0 Å². The van der Waals surface area contributed by atoms with Crippen LogP contribution in [0.3, 0.4) is 0 Å². The Labute approximate surface area is 123 Å². The monoisotopic (exact) mass is 337 g/mol. The molecule has 6 heteroatoms. The highest BCUT2D eigenvalue weighted by molar-refractivity contribution is 9.10. The summed E-state index contributed by atoms with van der Waals surface area (Å²) in [7, 11) is 0. The molecular formula is C14H12BrNO4. The van der Waals surface area contributed by atoms with E-state index < -0.39 is 5.97 Å². The van der Waals surface area contributed by atoms with Crippen molar-refractivity contribution in [3.05, 3.63) is 57.5 Å². The molecule has 104 valence electrons. The molecule has 2 aromatic rings. The zero-order valence-electron chi connectivity index (χ0n) is 10.6. The molecule has 1 aromatic carbocycles. The van der Waals surface area contributed by atoms with Crippen molar-refractivity contribution in [2.75, 3.05) is 0 Å². The average molecular weight is 338 g/mol. The maximum Gasteiger partial charge on any atom is 0.371 e. The number of benzene rings is 1. The topological polar surface area (TPSA) is 79.5 Å². The lowest BCUT2D eigenvalue weighted by Crippen LogP contribution is -2.22. The van der Waals surface area contributed by atoms with Crippen LogP contribution in [0.15, 0.2) is 39.2 Å². The van der Waals surface area contributed by atoms with Crippen molar-refractivity contribution in [3.8, 4) is 0 Å². The van der Waals surface area contributed by atoms with Crippen LogP contribution in [0.25, 0.3) is 0 Å². The molecule has 0 spiro atoms. The standard InChI is InChI=1S/C14H12BrNO4/c1-8-6-9(2-4-11(8)15)13(17)16-7-10-3-5-12(20-10)14(18)19/h2-6H,7H2,1H3,(H,16,17)(H,18,19). The Hall–Kier alpha value is -2.08. The van der Waals surface area contributed by atoms with Crippen molar-refractivity contribution in [2.24, 2.45) is 0 Å². The van der Waals surface area contributed by atoms with Crippen molar-refractivity contribution in [1.29, 1.82) is 0 Å². The zero-order valence-corrected chi connectivity index (χ0v) is 12.2. The van der Waals surface area contributed by atoms with Gasteiger partial charge in [-0.2, -0.15) is 0 Å². The summed E-state index contributed by atoms with van der Waals surface area (Å²) < 4.78 is 5.99. The van der Waals surface area contributed by atoms with Crippen molar-refractivity contribution in [3.63, 3.8) is 0 Å². The van der Waals surface area contributed by atoms with Gasteiger partial charge in [0.15, 0.2) is 0 Å². The highest BCUT2D eigenvalue weighted by Crippen LogP contribution is 2.17. The lowest BCUT2D eigenvalue weighted by atomic mass is 10.1. The summed E-state index contributed by atoms with van der Waals surface area (Å²) in [5, 5.41) is 11.4.